The second-order valence-corrected chi connectivity index (χ2v) is 6.32. The minimum absolute atomic E-state index is 0.00286. The predicted molar refractivity (Wildman–Crippen MR) is 85.9 cm³/mol. The first-order valence-corrected chi connectivity index (χ1v) is 7.99. The van der Waals surface area contributed by atoms with Crippen molar-refractivity contribution >= 4 is 5.69 Å². The van der Waals surface area contributed by atoms with Crippen molar-refractivity contribution < 1.29 is 22.3 Å². The maximum Gasteiger partial charge on any atom is 0.573 e. The number of alkyl halides is 3. The highest BCUT2D eigenvalue weighted by Crippen LogP contribution is 2.50. The third kappa shape index (κ3) is 3.08. The van der Waals surface area contributed by atoms with Gasteiger partial charge in [0.25, 0.3) is 0 Å². The molecule has 0 unspecified atom stereocenters. The molecule has 130 valence electrons. The number of nitrogens with one attached hydrogen (secondary N) is 1. The lowest BCUT2D eigenvalue weighted by molar-refractivity contribution is -0.274. The summed E-state index contributed by atoms with van der Waals surface area (Å²) in [5.74, 6) is -0.343. The zero-order chi connectivity index (χ0) is 17.6. The van der Waals surface area contributed by atoms with Crippen LogP contribution < -0.4 is 10.1 Å². The summed E-state index contributed by atoms with van der Waals surface area (Å²) in [5.41, 5.74) is 2.52. The fourth-order valence-corrected chi connectivity index (χ4v) is 3.77. The summed E-state index contributed by atoms with van der Waals surface area (Å²) < 4.78 is 54.7. The average molecular weight is 349 g/mol. The molecule has 1 heterocycles. The van der Waals surface area contributed by atoms with Gasteiger partial charge in [-0.05, 0) is 53.8 Å². The molecule has 0 aromatic heterocycles. The van der Waals surface area contributed by atoms with E-state index in [1.165, 1.54) is 24.3 Å². The zero-order valence-electron chi connectivity index (χ0n) is 13.1. The van der Waals surface area contributed by atoms with Gasteiger partial charge < -0.3 is 10.1 Å². The SMILES string of the molecule is Fc1ccc([C@@H]2Nc3ccc(OC(F)(F)F)cc3[C@@H]3C=CC[C@H]32)cc1. The third-order valence-corrected chi connectivity index (χ3v) is 4.80. The minimum atomic E-state index is -4.71. The Bertz CT molecular complexity index is 813. The van der Waals surface area contributed by atoms with Gasteiger partial charge in [-0.1, -0.05) is 24.3 Å². The number of anilines is 1. The molecule has 0 fully saturated rings. The van der Waals surface area contributed by atoms with E-state index >= 15 is 0 Å². The summed E-state index contributed by atoms with van der Waals surface area (Å²) in [5, 5.41) is 3.39. The number of ether oxygens (including phenoxy) is 1. The Morgan fingerprint density at radius 1 is 1.04 bits per heavy atom. The number of allylic oxidation sites excluding steroid dienone is 2. The molecule has 3 atom stereocenters. The van der Waals surface area contributed by atoms with Crippen molar-refractivity contribution in [1.29, 1.82) is 0 Å². The van der Waals surface area contributed by atoms with E-state index in [4.69, 9.17) is 0 Å². The molecule has 0 bridgehead atoms. The molecule has 2 aromatic rings. The Morgan fingerprint density at radius 3 is 2.52 bits per heavy atom. The van der Waals surface area contributed by atoms with Gasteiger partial charge in [0.1, 0.15) is 11.6 Å². The zero-order valence-corrected chi connectivity index (χ0v) is 13.1. The van der Waals surface area contributed by atoms with Crippen LogP contribution in [0.15, 0.2) is 54.6 Å². The van der Waals surface area contributed by atoms with Crippen LogP contribution in [0.5, 0.6) is 5.75 Å². The van der Waals surface area contributed by atoms with Crippen molar-refractivity contribution in [3.8, 4) is 5.75 Å². The fourth-order valence-electron chi connectivity index (χ4n) is 3.77. The van der Waals surface area contributed by atoms with E-state index in [1.807, 2.05) is 12.2 Å². The van der Waals surface area contributed by atoms with Crippen molar-refractivity contribution in [2.75, 3.05) is 5.32 Å². The van der Waals surface area contributed by atoms with E-state index in [0.29, 0.717) is 0 Å². The van der Waals surface area contributed by atoms with E-state index in [9.17, 15) is 17.6 Å². The molecule has 6 heteroatoms. The molecule has 1 aliphatic carbocycles. The third-order valence-electron chi connectivity index (χ3n) is 4.80. The van der Waals surface area contributed by atoms with Crippen molar-refractivity contribution in [1.82, 2.24) is 0 Å². The molecule has 0 radical (unpaired) electrons. The number of halogens is 4. The standard InChI is InChI=1S/C19H15F4NO/c20-12-6-4-11(5-7-12)18-15-3-1-2-14(15)16-10-13(25-19(21,22)23)8-9-17(16)24-18/h1-2,4-10,14-15,18,24H,3H2/t14-,15-,18+/m1/s1. The molecule has 25 heavy (non-hydrogen) atoms. The Hall–Kier alpha value is -2.50. The highest BCUT2D eigenvalue weighted by atomic mass is 19.4. The Labute approximate surface area is 142 Å². The van der Waals surface area contributed by atoms with Crippen molar-refractivity contribution in [3.05, 3.63) is 71.6 Å². The smallest absolute Gasteiger partial charge is 0.406 e. The maximum atomic E-state index is 13.2. The van der Waals surface area contributed by atoms with Gasteiger partial charge in [0.2, 0.25) is 0 Å². The molecule has 2 aliphatic rings. The van der Waals surface area contributed by atoms with Crippen molar-refractivity contribution in [3.63, 3.8) is 0 Å². The molecule has 0 amide bonds. The Kier molecular flexibility index (Phi) is 3.71. The molecule has 0 saturated heterocycles. The molecule has 1 N–H and O–H groups in total. The van der Waals surface area contributed by atoms with Crippen LogP contribution in [0.1, 0.15) is 29.5 Å². The summed E-state index contributed by atoms with van der Waals surface area (Å²) in [6.07, 6.45) is 0.166. The van der Waals surface area contributed by atoms with Crippen LogP contribution in [0.4, 0.5) is 23.2 Å². The largest absolute Gasteiger partial charge is 0.573 e. The summed E-state index contributed by atoms with van der Waals surface area (Å²) in [6, 6.07) is 10.7. The summed E-state index contributed by atoms with van der Waals surface area (Å²) in [7, 11) is 0. The summed E-state index contributed by atoms with van der Waals surface area (Å²) in [4.78, 5) is 0. The van der Waals surface area contributed by atoms with Crippen LogP contribution in [0.2, 0.25) is 0 Å². The molecule has 1 aliphatic heterocycles. The predicted octanol–water partition coefficient (Wildman–Crippen LogP) is 5.55. The molecule has 4 rings (SSSR count). The van der Waals surface area contributed by atoms with Crippen LogP contribution in [-0.2, 0) is 0 Å². The fraction of sp³-hybridized carbons (Fsp3) is 0.263. The summed E-state index contributed by atoms with van der Waals surface area (Å²) >= 11 is 0. The van der Waals surface area contributed by atoms with E-state index < -0.39 is 6.36 Å². The van der Waals surface area contributed by atoms with Crippen LogP contribution in [-0.4, -0.2) is 6.36 Å². The van der Waals surface area contributed by atoms with E-state index in [-0.39, 0.29) is 29.4 Å². The van der Waals surface area contributed by atoms with Gasteiger partial charge in [0.05, 0.1) is 6.04 Å². The van der Waals surface area contributed by atoms with Gasteiger partial charge >= 0.3 is 6.36 Å². The lowest BCUT2D eigenvalue weighted by Crippen LogP contribution is -2.29. The first-order valence-electron chi connectivity index (χ1n) is 7.99. The second-order valence-electron chi connectivity index (χ2n) is 6.32. The number of hydrogen-bond acceptors (Lipinski definition) is 2. The van der Waals surface area contributed by atoms with Gasteiger partial charge in [-0.15, -0.1) is 13.2 Å². The Morgan fingerprint density at radius 2 is 1.80 bits per heavy atom. The molecule has 2 aromatic carbocycles. The highest BCUT2D eigenvalue weighted by Gasteiger charge is 2.39. The van der Waals surface area contributed by atoms with Crippen LogP contribution in [0.3, 0.4) is 0 Å². The molecule has 0 spiro atoms. The number of benzene rings is 2. The first kappa shape index (κ1) is 16.0. The highest BCUT2D eigenvalue weighted by molar-refractivity contribution is 5.61. The van der Waals surface area contributed by atoms with Gasteiger partial charge in [0, 0.05) is 11.6 Å². The monoisotopic (exact) mass is 349 g/mol. The lowest BCUT2D eigenvalue weighted by atomic mass is 9.77. The van der Waals surface area contributed by atoms with Crippen molar-refractivity contribution in [2.24, 2.45) is 5.92 Å². The topological polar surface area (TPSA) is 21.3 Å². The normalized spacial score (nSPS) is 24.4. The van der Waals surface area contributed by atoms with E-state index in [2.05, 4.69) is 10.1 Å². The van der Waals surface area contributed by atoms with E-state index in [1.54, 1.807) is 18.2 Å². The van der Waals surface area contributed by atoms with Gasteiger partial charge in [-0.2, -0.15) is 0 Å². The number of hydrogen-bond donors (Lipinski definition) is 1. The van der Waals surface area contributed by atoms with Gasteiger partial charge in [0.15, 0.2) is 0 Å². The van der Waals surface area contributed by atoms with E-state index in [0.717, 1.165) is 23.2 Å². The second kappa shape index (κ2) is 5.79. The maximum absolute atomic E-state index is 13.2. The van der Waals surface area contributed by atoms with Gasteiger partial charge in [-0.3, -0.25) is 0 Å². The van der Waals surface area contributed by atoms with Crippen LogP contribution in [0.25, 0.3) is 0 Å². The molecular formula is C19H15F4NO. The number of fused-ring (bicyclic) bond motifs is 3. The average Bonchev–Trinajstić information content (AvgIpc) is 3.03. The van der Waals surface area contributed by atoms with Crippen LogP contribution in [0, 0.1) is 11.7 Å². The molecule has 2 nitrogen and oxygen atoms in total. The Balaban J connectivity index is 1.70. The lowest BCUT2D eigenvalue weighted by Gasteiger charge is -2.37. The molecule has 0 saturated carbocycles. The summed E-state index contributed by atoms with van der Waals surface area (Å²) in [6.45, 7) is 0. The quantitative estimate of drug-likeness (QED) is 0.567. The number of rotatable bonds is 2. The van der Waals surface area contributed by atoms with Crippen LogP contribution >= 0.6 is 0 Å². The first-order chi connectivity index (χ1) is 11.9. The minimum Gasteiger partial charge on any atom is -0.406 e. The molecular weight excluding hydrogens is 334 g/mol. The van der Waals surface area contributed by atoms with Crippen molar-refractivity contribution in [2.45, 2.75) is 24.7 Å². The van der Waals surface area contributed by atoms with Gasteiger partial charge in [-0.25, -0.2) is 4.39 Å².